The van der Waals surface area contributed by atoms with Crippen LogP contribution in [0.25, 0.3) is 5.78 Å². The maximum Gasteiger partial charge on any atom is 0.255 e. The molecule has 7 heteroatoms. The first-order valence-electron chi connectivity index (χ1n) is 5.77. The van der Waals surface area contributed by atoms with Gasteiger partial charge in [-0.3, -0.25) is 0 Å². The molecule has 0 aliphatic heterocycles. The van der Waals surface area contributed by atoms with Crippen LogP contribution >= 0.6 is 11.6 Å². The third kappa shape index (κ3) is 2.26. The van der Waals surface area contributed by atoms with Gasteiger partial charge in [-0.05, 0) is 19.8 Å². The summed E-state index contributed by atoms with van der Waals surface area (Å²) in [6, 6.07) is 0.0829. The van der Waals surface area contributed by atoms with Crippen LogP contribution in [0.4, 0.5) is 5.82 Å². The molecule has 2 unspecified atom stereocenters. The molecule has 0 aromatic carbocycles. The Balaban J connectivity index is 2.42. The SMILES string of the molecule is Cc1c(Cl)nc2ncnn2c1NC(C)C(C)CO. The Kier molecular flexibility index (Phi) is 3.68. The third-order valence-electron chi connectivity index (χ3n) is 3.11. The van der Waals surface area contributed by atoms with Crippen molar-refractivity contribution >= 4 is 23.2 Å². The molecule has 0 aliphatic rings. The van der Waals surface area contributed by atoms with E-state index in [1.807, 2.05) is 20.8 Å². The smallest absolute Gasteiger partial charge is 0.255 e. The fourth-order valence-electron chi connectivity index (χ4n) is 1.58. The number of anilines is 1. The zero-order valence-electron chi connectivity index (χ0n) is 10.6. The number of nitrogens with zero attached hydrogens (tertiary/aromatic N) is 4. The minimum Gasteiger partial charge on any atom is -0.396 e. The largest absolute Gasteiger partial charge is 0.396 e. The van der Waals surface area contributed by atoms with E-state index in [-0.39, 0.29) is 18.6 Å². The number of aromatic nitrogens is 4. The van der Waals surface area contributed by atoms with Crippen LogP contribution < -0.4 is 5.32 Å². The first-order valence-corrected chi connectivity index (χ1v) is 6.15. The molecule has 2 rings (SSSR count). The van der Waals surface area contributed by atoms with Crippen molar-refractivity contribution in [1.29, 1.82) is 0 Å². The van der Waals surface area contributed by atoms with E-state index in [4.69, 9.17) is 16.7 Å². The Hall–Kier alpha value is -1.40. The summed E-state index contributed by atoms with van der Waals surface area (Å²) in [5, 5.41) is 17.0. The molecule has 2 heterocycles. The number of hydrogen-bond acceptors (Lipinski definition) is 5. The van der Waals surface area contributed by atoms with Gasteiger partial charge in [0.25, 0.3) is 5.78 Å². The standard InChI is InChI=1S/C11H16ClN5O/c1-6(4-18)8(3)15-10-7(2)9(12)16-11-13-5-14-17(10)11/h5-6,8,15,18H,4H2,1-3H3. The van der Waals surface area contributed by atoms with Crippen LogP contribution in [0.2, 0.25) is 5.15 Å². The molecular formula is C11H16ClN5O. The van der Waals surface area contributed by atoms with Crippen molar-refractivity contribution < 1.29 is 5.11 Å². The lowest BCUT2D eigenvalue weighted by Crippen LogP contribution is -2.28. The molecule has 0 radical (unpaired) electrons. The molecular weight excluding hydrogens is 254 g/mol. The Labute approximate surface area is 110 Å². The van der Waals surface area contributed by atoms with Gasteiger partial charge in [-0.15, -0.1) is 0 Å². The number of fused-ring (bicyclic) bond motifs is 1. The summed E-state index contributed by atoms with van der Waals surface area (Å²) in [5.74, 6) is 1.34. The quantitative estimate of drug-likeness (QED) is 0.823. The zero-order valence-corrected chi connectivity index (χ0v) is 11.3. The number of aliphatic hydroxyl groups excluding tert-OH is 1. The highest BCUT2D eigenvalue weighted by molar-refractivity contribution is 6.30. The first-order chi connectivity index (χ1) is 8.54. The Morgan fingerprint density at radius 1 is 1.50 bits per heavy atom. The molecule has 0 saturated carbocycles. The molecule has 2 atom stereocenters. The molecule has 2 aromatic heterocycles. The Morgan fingerprint density at radius 3 is 2.89 bits per heavy atom. The maximum absolute atomic E-state index is 9.17. The van der Waals surface area contributed by atoms with Crippen LogP contribution in [0.1, 0.15) is 19.4 Å². The lowest BCUT2D eigenvalue weighted by molar-refractivity contribution is 0.226. The number of rotatable bonds is 4. The number of aliphatic hydroxyl groups is 1. The number of hydrogen-bond donors (Lipinski definition) is 2. The van der Waals surface area contributed by atoms with E-state index in [1.54, 1.807) is 4.52 Å². The second-order valence-corrected chi connectivity index (χ2v) is 4.80. The number of nitrogens with one attached hydrogen (secondary N) is 1. The molecule has 0 saturated heterocycles. The normalized spacial score (nSPS) is 14.7. The van der Waals surface area contributed by atoms with E-state index < -0.39 is 0 Å². The van der Waals surface area contributed by atoms with Crippen LogP contribution in [0.15, 0.2) is 6.33 Å². The summed E-state index contributed by atoms with van der Waals surface area (Å²) in [6.45, 7) is 5.95. The Bertz CT molecular complexity index is 556. The average Bonchev–Trinajstić information content (AvgIpc) is 2.81. The van der Waals surface area contributed by atoms with Gasteiger partial charge in [0.05, 0.1) is 0 Å². The minimum absolute atomic E-state index is 0.0829. The van der Waals surface area contributed by atoms with Crippen LogP contribution in [0.5, 0.6) is 0 Å². The molecule has 18 heavy (non-hydrogen) atoms. The van der Waals surface area contributed by atoms with Crippen molar-refractivity contribution in [2.75, 3.05) is 11.9 Å². The topological polar surface area (TPSA) is 75.3 Å². The van der Waals surface area contributed by atoms with Crippen molar-refractivity contribution in [2.45, 2.75) is 26.8 Å². The molecule has 0 aliphatic carbocycles. The van der Waals surface area contributed by atoms with Gasteiger partial charge in [-0.25, -0.2) is 0 Å². The fourth-order valence-corrected chi connectivity index (χ4v) is 1.75. The van der Waals surface area contributed by atoms with Gasteiger partial charge in [-0.1, -0.05) is 18.5 Å². The summed E-state index contributed by atoms with van der Waals surface area (Å²) in [5.41, 5.74) is 0.812. The van der Waals surface area contributed by atoms with E-state index in [0.717, 1.165) is 11.4 Å². The van der Waals surface area contributed by atoms with E-state index in [9.17, 15) is 0 Å². The van der Waals surface area contributed by atoms with Gasteiger partial charge in [0.2, 0.25) is 0 Å². The van der Waals surface area contributed by atoms with E-state index in [1.165, 1.54) is 6.33 Å². The van der Waals surface area contributed by atoms with Crippen molar-refractivity contribution in [1.82, 2.24) is 19.6 Å². The summed E-state index contributed by atoms with van der Waals surface area (Å²) < 4.78 is 1.61. The summed E-state index contributed by atoms with van der Waals surface area (Å²) in [6.07, 6.45) is 1.43. The molecule has 6 nitrogen and oxygen atoms in total. The van der Waals surface area contributed by atoms with Crippen LogP contribution in [0.3, 0.4) is 0 Å². The van der Waals surface area contributed by atoms with Gasteiger partial charge in [-0.2, -0.15) is 19.6 Å². The summed E-state index contributed by atoms with van der Waals surface area (Å²) >= 11 is 6.07. The first kappa shape index (κ1) is 13.0. The van der Waals surface area contributed by atoms with Crippen LogP contribution in [-0.4, -0.2) is 37.3 Å². The lowest BCUT2D eigenvalue weighted by atomic mass is 10.1. The van der Waals surface area contributed by atoms with Crippen molar-refractivity contribution in [3.8, 4) is 0 Å². The monoisotopic (exact) mass is 269 g/mol. The number of halogens is 1. The van der Waals surface area contributed by atoms with Gasteiger partial charge in [0.15, 0.2) is 0 Å². The highest BCUT2D eigenvalue weighted by Crippen LogP contribution is 2.23. The molecule has 0 bridgehead atoms. The molecule has 0 fully saturated rings. The fraction of sp³-hybridized carbons (Fsp3) is 0.545. The van der Waals surface area contributed by atoms with Crippen molar-refractivity contribution in [2.24, 2.45) is 5.92 Å². The third-order valence-corrected chi connectivity index (χ3v) is 3.48. The summed E-state index contributed by atoms with van der Waals surface area (Å²) in [7, 11) is 0. The predicted molar refractivity (Wildman–Crippen MR) is 69.9 cm³/mol. The molecule has 98 valence electrons. The summed E-state index contributed by atoms with van der Waals surface area (Å²) in [4.78, 5) is 8.15. The molecule has 0 spiro atoms. The highest BCUT2D eigenvalue weighted by Gasteiger charge is 2.17. The van der Waals surface area contributed by atoms with Crippen LogP contribution in [-0.2, 0) is 0 Å². The maximum atomic E-state index is 9.17. The van der Waals surface area contributed by atoms with Gasteiger partial charge in [0.1, 0.15) is 17.3 Å². The molecule has 2 aromatic rings. The molecule has 2 N–H and O–H groups in total. The minimum atomic E-state index is 0.0829. The van der Waals surface area contributed by atoms with Gasteiger partial charge < -0.3 is 10.4 Å². The zero-order chi connectivity index (χ0) is 13.3. The van der Waals surface area contributed by atoms with Gasteiger partial charge in [0, 0.05) is 18.2 Å². The second-order valence-electron chi connectivity index (χ2n) is 4.44. The van der Waals surface area contributed by atoms with Gasteiger partial charge >= 0.3 is 0 Å². The molecule has 0 amide bonds. The van der Waals surface area contributed by atoms with Crippen molar-refractivity contribution in [3.05, 3.63) is 17.0 Å². The van der Waals surface area contributed by atoms with E-state index >= 15 is 0 Å². The second kappa shape index (κ2) is 5.07. The van der Waals surface area contributed by atoms with Crippen molar-refractivity contribution in [3.63, 3.8) is 0 Å². The van der Waals surface area contributed by atoms with E-state index in [2.05, 4.69) is 20.4 Å². The highest BCUT2D eigenvalue weighted by atomic mass is 35.5. The Morgan fingerprint density at radius 2 is 2.22 bits per heavy atom. The van der Waals surface area contributed by atoms with Crippen LogP contribution in [0, 0.1) is 12.8 Å². The average molecular weight is 270 g/mol. The van der Waals surface area contributed by atoms with E-state index in [0.29, 0.717) is 10.9 Å². The predicted octanol–water partition coefficient (Wildman–Crippen LogP) is 1.51. The lowest BCUT2D eigenvalue weighted by Gasteiger charge is -2.22.